The van der Waals surface area contributed by atoms with Gasteiger partial charge in [0.05, 0.1) is 18.7 Å². The van der Waals surface area contributed by atoms with Crippen molar-refractivity contribution in [3.05, 3.63) is 59.2 Å². The van der Waals surface area contributed by atoms with Crippen LogP contribution in [0.3, 0.4) is 0 Å². The molecule has 0 bridgehead atoms. The van der Waals surface area contributed by atoms with Crippen molar-refractivity contribution in [1.82, 2.24) is 19.4 Å². The average molecular weight is 499 g/mol. The Bertz CT molecular complexity index is 1260. The highest BCUT2D eigenvalue weighted by Crippen LogP contribution is 2.33. The maximum Gasteiger partial charge on any atom is 0.326 e. The minimum Gasteiger partial charge on any atom is -0.497 e. The van der Waals surface area contributed by atoms with E-state index in [9.17, 15) is 18.0 Å². The van der Waals surface area contributed by atoms with Crippen molar-refractivity contribution in [2.75, 3.05) is 40.0 Å². The molecule has 3 aliphatic rings. The smallest absolute Gasteiger partial charge is 0.326 e. The third kappa shape index (κ3) is 4.19. The number of ether oxygens (including phenoxy) is 1. The molecule has 10 heteroatoms. The summed E-state index contributed by atoms with van der Waals surface area (Å²) < 4.78 is 32.5. The van der Waals surface area contributed by atoms with E-state index in [1.807, 2.05) is 17.0 Å². The van der Waals surface area contributed by atoms with Gasteiger partial charge in [0.1, 0.15) is 11.3 Å². The summed E-state index contributed by atoms with van der Waals surface area (Å²) in [6.45, 7) is 3.27. The van der Waals surface area contributed by atoms with Crippen LogP contribution < -0.4 is 10.1 Å². The lowest BCUT2D eigenvalue weighted by Gasteiger charge is -2.35. The molecule has 2 aromatic rings. The zero-order chi connectivity index (χ0) is 24.8. The summed E-state index contributed by atoms with van der Waals surface area (Å²) in [7, 11) is -2.10. The molecule has 2 aromatic carbocycles. The van der Waals surface area contributed by atoms with Gasteiger partial charge in [-0.1, -0.05) is 18.2 Å². The number of sulfonamides is 1. The number of carbonyl (C=O) groups excluding carboxylic acids is 2. The maximum absolute atomic E-state index is 13.4. The van der Waals surface area contributed by atoms with Crippen molar-refractivity contribution in [2.24, 2.45) is 0 Å². The molecule has 0 aromatic heterocycles. The molecule has 3 amide bonds. The fraction of sp³-hybridized carbons (Fsp3) is 0.440. The van der Waals surface area contributed by atoms with E-state index < -0.39 is 21.6 Å². The van der Waals surface area contributed by atoms with Gasteiger partial charge in [0.15, 0.2) is 0 Å². The van der Waals surface area contributed by atoms with Gasteiger partial charge in [-0.3, -0.25) is 9.69 Å². The van der Waals surface area contributed by atoms with Gasteiger partial charge in [-0.2, -0.15) is 4.31 Å². The Hall–Kier alpha value is -2.95. The Labute approximate surface area is 205 Å². The molecule has 0 spiro atoms. The van der Waals surface area contributed by atoms with E-state index in [4.69, 9.17) is 4.74 Å². The molecule has 9 nitrogen and oxygen atoms in total. The van der Waals surface area contributed by atoms with Crippen molar-refractivity contribution >= 4 is 22.0 Å². The number of rotatable bonds is 6. The second-order valence-electron chi connectivity index (χ2n) is 9.46. The average Bonchev–Trinajstić information content (AvgIpc) is 3.42. The predicted molar refractivity (Wildman–Crippen MR) is 129 cm³/mol. The normalized spacial score (nSPS) is 23.4. The number of methoxy groups -OCH3 is 1. The molecule has 1 unspecified atom stereocenters. The number of hydrogen-bond donors (Lipinski definition) is 1. The number of carbonyl (C=O) groups is 2. The lowest BCUT2D eigenvalue weighted by Crippen LogP contribution is -2.52. The summed E-state index contributed by atoms with van der Waals surface area (Å²) in [6.07, 6.45) is 3.16. The van der Waals surface area contributed by atoms with Crippen LogP contribution in [-0.2, 0) is 33.2 Å². The van der Waals surface area contributed by atoms with Crippen molar-refractivity contribution in [3.8, 4) is 5.75 Å². The summed E-state index contributed by atoms with van der Waals surface area (Å²) in [5.74, 6) is 0.308. The Kier molecular flexibility index (Phi) is 6.06. The molecular formula is C25H30N4O5S. The van der Waals surface area contributed by atoms with E-state index in [0.717, 1.165) is 24.8 Å². The topological polar surface area (TPSA) is 99.3 Å². The van der Waals surface area contributed by atoms with Gasteiger partial charge < -0.3 is 10.1 Å². The standard InChI is InChI=1S/C25H30N4O5S/c1-25(20-7-6-18-4-3-5-19(18)16-20)23(30)29(24(31)26-25)17-27-12-14-28(15-13-27)35(32,33)22-10-8-21(34-2)9-11-22/h6-11,16H,3-5,12-15,17H2,1-2H3,(H,26,31). The monoisotopic (exact) mass is 498 g/mol. The Morgan fingerprint density at radius 3 is 2.34 bits per heavy atom. The van der Waals surface area contributed by atoms with Crippen LogP contribution in [0, 0.1) is 0 Å². The van der Waals surface area contributed by atoms with Crippen LogP contribution in [0.25, 0.3) is 0 Å². The molecule has 2 fully saturated rings. The van der Waals surface area contributed by atoms with Gasteiger partial charge in [-0.05, 0) is 67.1 Å². The number of fused-ring (bicyclic) bond motifs is 1. The number of benzene rings is 2. The molecule has 1 N–H and O–H groups in total. The fourth-order valence-electron chi connectivity index (χ4n) is 5.11. The fourth-order valence-corrected chi connectivity index (χ4v) is 6.53. The Morgan fingerprint density at radius 2 is 1.66 bits per heavy atom. The number of aryl methyl sites for hydroxylation is 2. The SMILES string of the molecule is COc1ccc(S(=O)(=O)N2CCN(CN3C(=O)NC(C)(c4ccc5c(c4)CCC5)C3=O)CC2)cc1. The van der Waals surface area contributed by atoms with Crippen LogP contribution in [-0.4, -0.2) is 74.4 Å². The largest absolute Gasteiger partial charge is 0.497 e. The number of urea groups is 1. The number of nitrogens with zero attached hydrogens (tertiary/aromatic N) is 3. The van der Waals surface area contributed by atoms with E-state index in [0.29, 0.717) is 18.8 Å². The lowest BCUT2D eigenvalue weighted by atomic mass is 9.90. The van der Waals surface area contributed by atoms with E-state index in [2.05, 4.69) is 11.4 Å². The molecule has 2 aliphatic heterocycles. The first-order valence-corrected chi connectivity index (χ1v) is 13.3. The zero-order valence-electron chi connectivity index (χ0n) is 20.0. The van der Waals surface area contributed by atoms with Gasteiger partial charge in [-0.15, -0.1) is 0 Å². The number of nitrogens with one attached hydrogen (secondary N) is 1. The van der Waals surface area contributed by atoms with Gasteiger partial charge >= 0.3 is 6.03 Å². The first-order chi connectivity index (χ1) is 16.7. The highest BCUT2D eigenvalue weighted by atomic mass is 32.2. The molecule has 5 rings (SSSR count). The van der Waals surface area contributed by atoms with Gasteiger partial charge in [0.25, 0.3) is 5.91 Å². The van der Waals surface area contributed by atoms with Crippen molar-refractivity contribution < 1.29 is 22.7 Å². The first-order valence-electron chi connectivity index (χ1n) is 11.9. The van der Waals surface area contributed by atoms with Crippen LogP contribution in [0.5, 0.6) is 5.75 Å². The van der Waals surface area contributed by atoms with Gasteiger partial charge in [-0.25, -0.2) is 18.1 Å². The highest BCUT2D eigenvalue weighted by Gasteiger charge is 2.49. The van der Waals surface area contributed by atoms with E-state index in [1.54, 1.807) is 19.1 Å². The van der Waals surface area contributed by atoms with E-state index in [1.165, 1.54) is 39.6 Å². The van der Waals surface area contributed by atoms with Crippen LogP contribution in [0.1, 0.15) is 30.0 Å². The Morgan fingerprint density at radius 1 is 0.971 bits per heavy atom. The number of amides is 3. The predicted octanol–water partition coefficient (Wildman–Crippen LogP) is 1.91. The van der Waals surface area contributed by atoms with Crippen LogP contribution in [0.15, 0.2) is 47.4 Å². The van der Waals surface area contributed by atoms with E-state index in [-0.39, 0.29) is 30.6 Å². The number of hydrogen-bond acceptors (Lipinski definition) is 6. The van der Waals surface area contributed by atoms with Gasteiger partial charge in [0.2, 0.25) is 10.0 Å². The molecule has 0 radical (unpaired) electrons. The molecular weight excluding hydrogens is 468 g/mol. The highest BCUT2D eigenvalue weighted by molar-refractivity contribution is 7.89. The number of piperazine rings is 1. The Balaban J connectivity index is 1.23. The minimum absolute atomic E-state index is 0.127. The number of imide groups is 1. The summed E-state index contributed by atoms with van der Waals surface area (Å²) >= 11 is 0. The molecule has 2 saturated heterocycles. The summed E-state index contributed by atoms with van der Waals surface area (Å²) in [4.78, 5) is 29.6. The molecule has 2 heterocycles. The molecule has 1 atom stereocenters. The minimum atomic E-state index is -3.63. The molecule has 186 valence electrons. The second kappa shape index (κ2) is 8.92. The third-order valence-electron chi connectivity index (χ3n) is 7.32. The quantitative estimate of drug-likeness (QED) is 0.611. The molecule has 35 heavy (non-hydrogen) atoms. The van der Waals surface area contributed by atoms with Crippen LogP contribution >= 0.6 is 0 Å². The van der Waals surface area contributed by atoms with E-state index >= 15 is 0 Å². The summed E-state index contributed by atoms with van der Waals surface area (Å²) in [5, 5.41) is 2.89. The third-order valence-corrected chi connectivity index (χ3v) is 9.23. The van der Waals surface area contributed by atoms with Crippen LogP contribution in [0.4, 0.5) is 4.79 Å². The summed E-state index contributed by atoms with van der Waals surface area (Å²) in [5.41, 5.74) is 2.26. The van der Waals surface area contributed by atoms with Gasteiger partial charge in [0, 0.05) is 26.2 Å². The van der Waals surface area contributed by atoms with Crippen LogP contribution in [0.2, 0.25) is 0 Å². The second-order valence-corrected chi connectivity index (χ2v) is 11.4. The zero-order valence-corrected chi connectivity index (χ0v) is 20.8. The van der Waals surface area contributed by atoms with Crippen molar-refractivity contribution in [3.63, 3.8) is 0 Å². The molecule has 0 saturated carbocycles. The van der Waals surface area contributed by atoms with Crippen molar-refractivity contribution in [2.45, 2.75) is 36.6 Å². The first kappa shape index (κ1) is 23.8. The maximum atomic E-state index is 13.4. The van der Waals surface area contributed by atoms with Crippen molar-refractivity contribution in [1.29, 1.82) is 0 Å². The lowest BCUT2D eigenvalue weighted by molar-refractivity contribution is -0.132. The molecule has 1 aliphatic carbocycles. The summed E-state index contributed by atoms with van der Waals surface area (Å²) in [6, 6.07) is 11.9.